The highest BCUT2D eigenvalue weighted by molar-refractivity contribution is 5.93. The van der Waals surface area contributed by atoms with E-state index in [1.807, 2.05) is 54.8 Å². The Balaban J connectivity index is 1.79. The lowest BCUT2D eigenvalue weighted by Gasteiger charge is -2.16. The zero-order valence-electron chi connectivity index (χ0n) is 14.7. The molecule has 0 spiro atoms. The Morgan fingerprint density at radius 1 is 1.16 bits per heavy atom. The Kier molecular flexibility index (Phi) is 4.61. The molecule has 0 bridgehead atoms. The highest BCUT2D eigenvalue weighted by atomic mass is 16.5. The minimum Gasteiger partial charge on any atom is -0.493 e. The minimum absolute atomic E-state index is 0.196. The number of nitrogens with one attached hydrogen (secondary N) is 1. The van der Waals surface area contributed by atoms with E-state index < -0.39 is 0 Å². The summed E-state index contributed by atoms with van der Waals surface area (Å²) in [7, 11) is 3.18. The number of methoxy groups -OCH3 is 2. The molecule has 6 heteroatoms. The second-order valence-electron chi connectivity index (χ2n) is 5.91. The first kappa shape index (κ1) is 16.8. The van der Waals surface area contributed by atoms with E-state index in [2.05, 4.69) is 10.3 Å². The third kappa shape index (κ3) is 3.42. The second-order valence-corrected chi connectivity index (χ2v) is 5.91. The fraction of sp³-hybridized carbons (Fsp3) is 0.263. The van der Waals surface area contributed by atoms with Crippen LogP contribution in [0.3, 0.4) is 0 Å². The number of amides is 1. The van der Waals surface area contributed by atoms with Gasteiger partial charge < -0.3 is 19.2 Å². The molecular formula is C19H21N3O3. The van der Waals surface area contributed by atoms with Crippen molar-refractivity contribution in [2.24, 2.45) is 0 Å². The van der Waals surface area contributed by atoms with E-state index in [0.717, 1.165) is 16.8 Å². The number of fused-ring (bicyclic) bond motifs is 1. The van der Waals surface area contributed by atoms with Gasteiger partial charge >= 0.3 is 0 Å². The number of rotatable bonds is 5. The number of hydrogen-bond acceptors (Lipinski definition) is 4. The van der Waals surface area contributed by atoms with Crippen molar-refractivity contribution in [3.8, 4) is 11.5 Å². The average molecular weight is 339 g/mol. The topological polar surface area (TPSA) is 64.9 Å². The molecule has 0 saturated carbocycles. The highest BCUT2D eigenvalue weighted by Gasteiger charge is 2.16. The molecule has 1 N–H and O–H groups in total. The van der Waals surface area contributed by atoms with Crippen LogP contribution in [0.1, 0.15) is 34.6 Å². The van der Waals surface area contributed by atoms with Crippen LogP contribution in [0.4, 0.5) is 0 Å². The van der Waals surface area contributed by atoms with Gasteiger partial charge in [0.15, 0.2) is 11.5 Å². The van der Waals surface area contributed by atoms with Gasteiger partial charge in [-0.25, -0.2) is 4.98 Å². The summed E-state index contributed by atoms with van der Waals surface area (Å²) in [6, 6.07) is 9.30. The number of aromatic nitrogens is 2. The monoisotopic (exact) mass is 339 g/mol. The zero-order chi connectivity index (χ0) is 18.0. The fourth-order valence-electron chi connectivity index (χ4n) is 2.67. The molecule has 3 aromatic rings. The third-order valence-corrected chi connectivity index (χ3v) is 4.10. The first-order valence-electron chi connectivity index (χ1n) is 8.00. The van der Waals surface area contributed by atoms with Gasteiger partial charge in [0.2, 0.25) is 0 Å². The Bertz CT molecular complexity index is 917. The Morgan fingerprint density at radius 3 is 2.64 bits per heavy atom. The van der Waals surface area contributed by atoms with Gasteiger partial charge in [0.25, 0.3) is 5.91 Å². The van der Waals surface area contributed by atoms with Crippen molar-refractivity contribution in [3.63, 3.8) is 0 Å². The van der Waals surface area contributed by atoms with E-state index in [1.165, 1.54) is 0 Å². The van der Waals surface area contributed by atoms with Gasteiger partial charge in [0, 0.05) is 12.4 Å². The Labute approximate surface area is 146 Å². The van der Waals surface area contributed by atoms with Crippen molar-refractivity contribution in [1.29, 1.82) is 0 Å². The van der Waals surface area contributed by atoms with Crippen molar-refractivity contribution >= 4 is 11.6 Å². The molecule has 0 fully saturated rings. The van der Waals surface area contributed by atoms with E-state index in [0.29, 0.717) is 17.2 Å². The number of aryl methyl sites for hydroxylation is 1. The van der Waals surface area contributed by atoms with Crippen LogP contribution >= 0.6 is 0 Å². The molecule has 0 aliphatic rings. The third-order valence-electron chi connectivity index (χ3n) is 4.10. The molecule has 25 heavy (non-hydrogen) atoms. The van der Waals surface area contributed by atoms with Crippen molar-refractivity contribution < 1.29 is 14.3 Å². The van der Waals surface area contributed by atoms with Crippen molar-refractivity contribution in [3.05, 3.63) is 59.5 Å². The molecule has 3 rings (SSSR count). The number of imidazole rings is 1. The Morgan fingerprint density at radius 2 is 1.92 bits per heavy atom. The predicted molar refractivity (Wildman–Crippen MR) is 95.4 cm³/mol. The molecule has 130 valence electrons. The lowest BCUT2D eigenvalue weighted by molar-refractivity contribution is 0.0935. The smallest absolute Gasteiger partial charge is 0.271 e. The molecule has 1 atom stereocenters. The van der Waals surface area contributed by atoms with E-state index in [9.17, 15) is 4.79 Å². The number of carbonyl (C=O) groups is 1. The van der Waals surface area contributed by atoms with Crippen molar-refractivity contribution in [1.82, 2.24) is 14.7 Å². The van der Waals surface area contributed by atoms with Crippen LogP contribution in [0.15, 0.2) is 42.7 Å². The van der Waals surface area contributed by atoms with Gasteiger partial charge in [-0.1, -0.05) is 6.07 Å². The summed E-state index contributed by atoms with van der Waals surface area (Å²) in [5.41, 5.74) is 3.16. The van der Waals surface area contributed by atoms with Gasteiger partial charge in [-0.2, -0.15) is 0 Å². The molecule has 6 nitrogen and oxygen atoms in total. The maximum absolute atomic E-state index is 12.5. The quantitative estimate of drug-likeness (QED) is 0.775. The van der Waals surface area contributed by atoms with Gasteiger partial charge in [-0.15, -0.1) is 0 Å². The number of nitrogens with zero attached hydrogens (tertiary/aromatic N) is 2. The van der Waals surface area contributed by atoms with Crippen LogP contribution < -0.4 is 14.8 Å². The van der Waals surface area contributed by atoms with E-state index in [-0.39, 0.29) is 11.9 Å². The maximum Gasteiger partial charge on any atom is 0.271 e. The summed E-state index contributed by atoms with van der Waals surface area (Å²) < 4.78 is 12.4. The predicted octanol–water partition coefficient (Wildman–Crippen LogP) is 3.15. The molecular weight excluding hydrogens is 318 g/mol. The highest BCUT2D eigenvalue weighted by Crippen LogP contribution is 2.29. The maximum atomic E-state index is 12.5. The number of carbonyl (C=O) groups excluding carboxylic acids is 1. The zero-order valence-corrected chi connectivity index (χ0v) is 14.7. The van der Waals surface area contributed by atoms with Gasteiger partial charge in [-0.3, -0.25) is 4.79 Å². The summed E-state index contributed by atoms with van der Waals surface area (Å²) in [4.78, 5) is 16.9. The second kappa shape index (κ2) is 6.84. The summed E-state index contributed by atoms with van der Waals surface area (Å²) in [6.45, 7) is 3.91. The van der Waals surface area contributed by atoms with Crippen LogP contribution in [-0.2, 0) is 0 Å². The standard InChI is InChI=1S/C19H21N3O3/c1-12-7-8-22-11-15(21-18(22)9-12)19(23)20-13(2)14-5-6-16(24-3)17(10-14)25-4/h5-11,13H,1-4H3,(H,20,23). The molecule has 1 unspecified atom stereocenters. The number of benzene rings is 1. The average Bonchev–Trinajstić information content (AvgIpc) is 3.04. The number of hydrogen-bond donors (Lipinski definition) is 1. The van der Waals surface area contributed by atoms with Crippen LogP contribution in [0.5, 0.6) is 11.5 Å². The minimum atomic E-state index is -0.219. The van der Waals surface area contributed by atoms with Gasteiger partial charge in [0.1, 0.15) is 11.3 Å². The van der Waals surface area contributed by atoms with E-state index in [1.54, 1.807) is 20.4 Å². The van der Waals surface area contributed by atoms with Crippen molar-refractivity contribution in [2.45, 2.75) is 19.9 Å². The molecule has 0 radical (unpaired) electrons. The molecule has 0 aliphatic heterocycles. The number of pyridine rings is 1. The first-order chi connectivity index (χ1) is 12.0. The summed E-state index contributed by atoms with van der Waals surface area (Å²) in [5, 5.41) is 2.97. The first-order valence-corrected chi connectivity index (χ1v) is 8.00. The van der Waals surface area contributed by atoms with Crippen LogP contribution in [0, 0.1) is 6.92 Å². The molecule has 0 saturated heterocycles. The van der Waals surface area contributed by atoms with Gasteiger partial charge in [-0.05, 0) is 49.2 Å². The van der Waals surface area contributed by atoms with Crippen molar-refractivity contribution in [2.75, 3.05) is 14.2 Å². The number of ether oxygens (including phenoxy) is 2. The van der Waals surface area contributed by atoms with Gasteiger partial charge in [0.05, 0.1) is 20.3 Å². The molecule has 2 heterocycles. The summed E-state index contributed by atoms with van der Waals surface area (Å²) in [5.74, 6) is 1.06. The van der Waals surface area contributed by atoms with Crippen LogP contribution in [0.25, 0.3) is 5.65 Å². The molecule has 1 aromatic carbocycles. The SMILES string of the molecule is COc1ccc(C(C)NC(=O)c2cn3ccc(C)cc3n2)cc1OC. The molecule has 0 aliphatic carbocycles. The summed E-state index contributed by atoms with van der Waals surface area (Å²) >= 11 is 0. The summed E-state index contributed by atoms with van der Waals surface area (Å²) in [6.07, 6.45) is 3.62. The largest absolute Gasteiger partial charge is 0.493 e. The molecule has 1 amide bonds. The molecule has 2 aromatic heterocycles. The fourth-order valence-corrected chi connectivity index (χ4v) is 2.67. The van der Waals surface area contributed by atoms with Crippen LogP contribution in [-0.4, -0.2) is 29.5 Å². The lowest BCUT2D eigenvalue weighted by atomic mass is 10.1. The lowest BCUT2D eigenvalue weighted by Crippen LogP contribution is -2.26. The van der Waals surface area contributed by atoms with E-state index >= 15 is 0 Å². The van der Waals surface area contributed by atoms with Crippen LogP contribution in [0.2, 0.25) is 0 Å². The normalized spacial score (nSPS) is 12.0. The Hall–Kier alpha value is -3.02. The van der Waals surface area contributed by atoms with E-state index in [4.69, 9.17) is 9.47 Å².